The topological polar surface area (TPSA) is 53.4 Å². The average Bonchev–Trinajstić information content (AvgIpc) is 3.11. The molecule has 0 aliphatic carbocycles. The van der Waals surface area contributed by atoms with Crippen molar-refractivity contribution in [1.82, 2.24) is 24.9 Å². The molecule has 0 spiro atoms. The monoisotopic (exact) mass is 349 g/mol. The van der Waals surface area contributed by atoms with E-state index < -0.39 is 0 Å². The van der Waals surface area contributed by atoms with E-state index in [1.807, 2.05) is 25.2 Å². The molecule has 24 heavy (non-hydrogen) atoms. The molecule has 0 radical (unpaired) electrons. The van der Waals surface area contributed by atoms with Gasteiger partial charge in [0.25, 0.3) is 0 Å². The highest BCUT2D eigenvalue weighted by molar-refractivity contribution is 6.35. The second-order valence-corrected chi connectivity index (χ2v) is 7.03. The number of likely N-dealkylation sites (N-methyl/N-ethyl adjacent to an activating group) is 1. The third-order valence-electron chi connectivity index (χ3n) is 4.70. The molecule has 1 saturated heterocycles. The molecule has 130 valence electrons. The van der Waals surface area contributed by atoms with Crippen LogP contribution < -0.4 is 5.32 Å². The van der Waals surface area contributed by atoms with Crippen molar-refractivity contribution in [2.75, 3.05) is 33.7 Å². The molecule has 1 aromatic heterocycles. The van der Waals surface area contributed by atoms with Crippen LogP contribution in [0.4, 0.5) is 0 Å². The molecule has 1 amide bonds. The highest BCUT2D eigenvalue weighted by Crippen LogP contribution is 2.26. The lowest BCUT2D eigenvalue weighted by Gasteiger charge is -2.20. The Kier molecular flexibility index (Phi) is 5.08. The number of aryl methyl sites for hydroxylation is 1. The largest absolute Gasteiger partial charge is 0.349 e. The third kappa shape index (κ3) is 3.55. The van der Waals surface area contributed by atoms with E-state index in [2.05, 4.69) is 34.3 Å². The minimum absolute atomic E-state index is 0.0280. The van der Waals surface area contributed by atoms with E-state index in [0.717, 1.165) is 36.1 Å². The van der Waals surface area contributed by atoms with Crippen molar-refractivity contribution in [3.05, 3.63) is 28.9 Å². The molecule has 0 bridgehead atoms. The van der Waals surface area contributed by atoms with Crippen LogP contribution in [-0.4, -0.2) is 65.3 Å². The van der Waals surface area contributed by atoms with Gasteiger partial charge in [-0.15, -0.1) is 0 Å². The fourth-order valence-electron chi connectivity index (χ4n) is 3.30. The summed E-state index contributed by atoms with van der Waals surface area (Å²) in [5.41, 5.74) is 1.78. The molecule has 2 heterocycles. The van der Waals surface area contributed by atoms with Crippen molar-refractivity contribution in [1.29, 1.82) is 0 Å². The number of likely N-dealkylation sites (tertiary alicyclic amines) is 1. The summed E-state index contributed by atoms with van der Waals surface area (Å²) in [5, 5.41) is 9.04. The second kappa shape index (κ2) is 7.09. The van der Waals surface area contributed by atoms with Crippen LogP contribution >= 0.6 is 11.6 Å². The number of benzene rings is 1. The molecule has 6 nitrogen and oxygen atoms in total. The summed E-state index contributed by atoms with van der Waals surface area (Å²) < 4.78 is 1.80. The van der Waals surface area contributed by atoms with E-state index in [-0.39, 0.29) is 5.91 Å². The molecule has 0 unspecified atom stereocenters. The van der Waals surface area contributed by atoms with Crippen LogP contribution in [0.2, 0.25) is 5.02 Å². The number of carbonyl (C=O) groups excluding carboxylic acids is 1. The number of rotatable bonds is 5. The van der Waals surface area contributed by atoms with Gasteiger partial charge in [-0.25, -0.2) is 0 Å². The van der Waals surface area contributed by atoms with Gasteiger partial charge in [0.1, 0.15) is 0 Å². The van der Waals surface area contributed by atoms with E-state index >= 15 is 0 Å². The lowest BCUT2D eigenvalue weighted by molar-refractivity contribution is -0.122. The maximum Gasteiger partial charge on any atom is 0.234 e. The maximum atomic E-state index is 12.2. The number of hydrogen-bond donors (Lipinski definition) is 1. The summed E-state index contributed by atoms with van der Waals surface area (Å²) in [6, 6.07) is 6.27. The third-order valence-corrected chi connectivity index (χ3v) is 5.01. The molecule has 0 saturated carbocycles. The van der Waals surface area contributed by atoms with Crippen molar-refractivity contribution in [2.24, 2.45) is 7.05 Å². The lowest BCUT2D eigenvalue weighted by atomic mass is 10.2. The van der Waals surface area contributed by atoms with Gasteiger partial charge in [-0.2, -0.15) is 5.10 Å². The molecule has 1 atom stereocenters. The van der Waals surface area contributed by atoms with Crippen LogP contribution in [0.5, 0.6) is 0 Å². The SMILES string of the molecule is CN(C)[C@@H]1CCN(CC(=O)NCc2nn(C)c3cccc(Cl)c23)C1. The number of carbonyl (C=O) groups is 1. The number of fused-ring (bicyclic) bond motifs is 1. The fraction of sp³-hybridized carbons (Fsp3) is 0.529. The normalized spacial score (nSPS) is 18.6. The molecule has 7 heteroatoms. The van der Waals surface area contributed by atoms with Crippen molar-refractivity contribution in [3.8, 4) is 0 Å². The molecule has 1 N–H and O–H groups in total. The molecule has 1 aromatic carbocycles. The quantitative estimate of drug-likeness (QED) is 0.888. The molecule has 1 aliphatic rings. The Labute approximate surface area is 147 Å². The lowest BCUT2D eigenvalue weighted by Crippen LogP contribution is -2.38. The van der Waals surface area contributed by atoms with E-state index in [1.165, 1.54) is 0 Å². The van der Waals surface area contributed by atoms with E-state index in [0.29, 0.717) is 24.2 Å². The van der Waals surface area contributed by atoms with Gasteiger partial charge in [0.05, 0.1) is 29.3 Å². The van der Waals surface area contributed by atoms with Gasteiger partial charge >= 0.3 is 0 Å². The van der Waals surface area contributed by atoms with Crippen LogP contribution in [0.25, 0.3) is 10.9 Å². The molecule has 1 fully saturated rings. The van der Waals surface area contributed by atoms with Gasteiger partial charge in [-0.3, -0.25) is 14.4 Å². The minimum Gasteiger partial charge on any atom is -0.349 e. The van der Waals surface area contributed by atoms with E-state index in [9.17, 15) is 4.79 Å². The zero-order valence-corrected chi connectivity index (χ0v) is 15.2. The first-order chi connectivity index (χ1) is 11.5. The standard InChI is InChI=1S/C17H24ClN5O/c1-21(2)12-7-8-23(10-12)11-16(24)19-9-14-17-13(18)5-4-6-15(17)22(3)20-14/h4-6,12H,7-11H2,1-3H3,(H,19,24)/t12-/m1/s1. The van der Waals surface area contributed by atoms with Crippen molar-refractivity contribution in [3.63, 3.8) is 0 Å². The zero-order chi connectivity index (χ0) is 17.3. The van der Waals surface area contributed by atoms with E-state index in [1.54, 1.807) is 4.68 Å². The summed E-state index contributed by atoms with van der Waals surface area (Å²) in [6.07, 6.45) is 1.11. The highest BCUT2D eigenvalue weighted by atomic mass is 35.5. The van der Waals surface area contributed by atoms with Crippen molar-refractivity contribution >= 4 is 28.4 Å². The predicted octanol–water partition coefficient (Wildman–Crippen LogP) is 1.48. The number of nitrogens with one attached hydrogen (secondary N) is 1. The van der Waals surface area contributed by atoms with E-state index in [4.69, 9.17) is 11.6 Å². The summed E-state index contributed by atoms with van der Waals surface area (Å²) >= 11 is 6.30. The highest BCUT2D eigenvalue weighted by Gasteiger charge is 2.25. The Hall–Kier alpha value is -1.63. The van der Waals surface area contributed by atoms with Gasteiger partial charge in [-0.1, -0.05) is 17.7 Å². The van der Waals surface area contributed by atoms with Gasteiger partial charge in [0, 0.05) is 31.6 Å². The summed E-state index contributed by atoms with van der Waals surface area (Å²) in [5.74, 6) is 0.0280. The number of nitrogens with zero attached hydrogens (tertiary/aromatic N) is 4. The second-order valence-electron chi connectivity index (χ2n) is 6.62. The molecular formula is C17H24ClN5O. The number of halogens is 1. The first-order valence-electron chi connectivity index (χ1n) is 8.21. The zero-order valence-electron chi connectivity index (χ0n) is 14.4. The van der Waals surface area contributed by atoms with Gasteiger partial charge in [0.15, 0.2) is 0 Å². The van der Waals surface area contributed by atoms with Crippen LogP contribution in [0, 0.1) is 0 Å². The van der Waals surface area contributed by atoms with Crippen LogP contribution in [-0.2, 0) is 18.4 Å². The molecular weight excluding hydrogens is 326 g/mol. The minimum atomic E-state index is 0.0280. The summed E-state index contributed by atoms with van der Waals surface area (Å²) in [7, 11) is 6.06. The average molecular weight is 350 g/mol. The Morgan fingerprint density at radius 2 is 2.25 bits per heavy atom. The smallest absolute Gasteiger partial charge is 0.234 e. The predicted molar refractivity (Wildman–Crippen MR) is 96.1 cm³/mol. The summed E-state index contributed by atoms with van der Waals surface area (Å²) in [4.78, 5) is 16.7. The van der Waals surface area contributed by atoms with Gasteiger partial charge in [0.2, 0.25) is 5.91 Å². The molecule has 1 aliphatic heterocycles. The number of amides is 1. The molecule has 2 aromatic rings. The maximum absolute atomic E-state index is 12.2. The Balaban J connectivity index is 1.59. The Morgan fingerprint density at radius 3 is 2.96 bits per heavy atom. The van der Waals surface area contributed by atoms with Crippen molar-refractivity contribution < 1.29 is 4.79 Å². The fourth-order valence-corrected chi connectivity index (χ4v) is 3.57. The summed E-state index contributed by atoms with van der Waals surface area (Å²) in [6.45, 7) is 2.74. The first kappa shape index (κ1) is 17.2. The van der Waals surface area contributed by atoms with Gasteiger partial charge < -0.3 is 10.2 Å². The number of aromatic nitrogens is 2. The first-order valence-corrected chi connectivity index (χ1v) is 8.59. The Morgan fingerprint density at radius 1 is 1.46 bits per heavy atom. The Bertz CT molecular complexity index is 742. The van der Waals surface area contributed by atoms with Gasteiger partial charge in [-0.05, 0) is 32.6 Å². The van der Waals surface area contributed by atoms with Crippen LogP contribution in [0.1, 0.15) is 12.1 Å². The number of hydrogen-bond acceptors (Lipinski definition) is 4. The molecule has 3 rings (SSSR count). The van der Waals surface area contributed by atoms with Crippen LogP contribution in [0.15, 0.2) is 18.2 Å². The van der Waals surface area contributed by atoms with Crippen molar-refractivity contribution in [2.45, 2.75) is 19.0 Å². The van der Waals surface area contributed by atoms with Crippen LogP contribution in [0.3, 0.4) is 0 Å².